The standard InChI is InChI=1S/C10H17N3O/c1-13-9(6-8-12-13)10(14)5-3-2-4-7-11/h6,8H,2-5,7,11H2,1H3. The van der Waals surface area contributed by atoms with Crippen molar-refractivity contribution in [3.63, 3.8) is 0 Å². The van der Waals surface area contributed by atoms with Gasteiger partial charge in [0.15, 0.2) is 5.78 Å². The van der Waals surface area contributed by atoms with E-state index in [4.69, 9.17) is 5.73 Å². The zero-order valence-electron chi connectivity index (χ0n) is 8.57. The number of Topliss-reactive ketones (excluding diaryl/α,β-unsaturated/α-hetero) is 1. The number of aryl methyl sites for hydroxylation is 1. The molecule has 0 aliphatic carbocycles. The lowest BCUT2D eigenvalue weighted by Gasteiger charge is -2.00. The van der Waals surface area contributed by atoms with Crippen LogP contribution in [0.3, 0.4) is 0 Å². The second-order valence-electron chi connectivity index (χ2n) is 3.36. The number of rotatable bonds is 6. The molecule has 0 aromatic carbocycles. The van der Waals surface area contributed by atoms with Gasteiger partial charge in [0.05, 0.1) is 0 Å². The average Bonchev–Trinajstić information content (AvgIpc) is 2.59. The highest BCUT2D eigenvalue weighted by atomic mass is 16.1. The molecule has 0 radical (unpaired) electrons. The summed E-state index contributed by atoms with van der Waals surface area (Å²) in [6.45, 7) is 0.708. The molecule has 0 atom stereocenters. The molecule has 0 saturated carbocycles. The van der Waals surface area contributed by atoms with Gasteiger partial charge < -0.3 is 5.73 Å². The molecule has 4 heteroatoms. The molecule has 0 unspecified atom stereocenters. The van der Waals surface area contributed by atoms with Crippen LogP contribution in [-0.4, -0.2) is 22.1 Å². The fourth-order valence-electron chi connectivity index (χ4n) is 1.38. The largest absolute Gasteiger partial charge is 0.330 e. The second-order valence-corrected chi connectivity index (χ2v) is 3.36. The quantitative estimate of drug-likeness (QED) is 0.546. The number of aromatic nitrogens is 2. The van der Waals surface area contributed by atoms with Crippen molar-refractivity contribution < 1.29 is 4.79 Å². The van der Waals surface area contributed by atoms with Crippen molar-refractivity contribution in [3.05, 3.63) is 18.0 Å². The Kier molecular flexibility index (Phi) is 4.32. The van der Waals surface area contributed by atoms with Gasteiger partial charge in [0.25, 0.3) is 0 Å². The Hall–Kier alpha value is -1.16. The van der Waals surface area contributed by atoms with Crippen LogP contribution in [0.4, 0.5) is 0 Å². The fourth-order valence-corrected chi connectivity index (χ4v) is 1.38. The van der Waals surface area contributed by atoms with E-state index >= 15 is 0 Å². The molecular weight excluding hydrogens is 178 g/mol. The lowest BCUT2D eigenvalue weighted by atomic mass is 10.1. The summed E-state index contributed by atoms with van der Waals surface area (Å²) in [5.74, 6) is 0.169. The van der Waals surface area contributed by atoms with Gasteiger partial charge >= 0.3 is 0 Å². The Bertz CT molecular complexity index is 293. The van der Waals surface area contributed by atoms with Crippen LogP contribution < -0.4 is 5.73 Å². The van der Waals surface area contributed by atoms with Crippen LogP contribution in [0.2, 0.25) is 0 Å². The van der Waals surface area contributed by atoms with E-state index in [9.17, 15) is 4.79 Å². The van der Waals surface area contributed by atoms with Crippen molar-refractivity contribution in [2.45, 2.75) is 25.7 Å². The smallest absolute Gasteiger partial charge is 0.180 e. The van der Waals surface area contributed by atoms with E-state index in [0.29, 0.717) is 18.7 Å². The Morgan fingerprint density at radius 2 is 2.29 bits per heavy atom. The molecule has 1 aromatic rings. The molecular formula is C10H17N3O. The number of ketones is 1. The molecule has 14 heavy (non-hydrogen) atoms. The van der Waals surface area contributed by atoms with Gasteiger partial charge in [-0.1, -0.05) is 6.42 Å². The van der Waals surface area contributed by atoms with E-state index in [1.54, 1.807) is 24.0 Å². The molecule has 0 saturated heterocycles. The van der Waals surface area contributed by atoms with E-state index in [-0.39, 0.29) is 5.78 Å². The van der Waals surface area contributed by atoms with Gasteiger partial charge in [-0.25, -0.2) is 0 Å². The first-order valence-corrected chi connectivity index (χ1v) is 4.97. The van der Waals surface area contributed by atoms with E-state index in [1.165, 1.54) is 0 Å². The Morgan fingerprint density at radius 1 is 1.50 bits per heavy atom. The zero-order valence-corrected chi connectivity index (χ0v) is 8.57. The normalized spacial score (nSPS) is 10.4. The summed E-state index contributed by atoms with van der Waals surface area (Å²) >= 11 is 0. The lowest BCUT2D eigenvalue weighted by molar-refractivity contribution is 0.0970. The fraction of sp³-hybridized carbons (Fsp3) is 0.600. The summed E-state index contributed by atoms with van der Waals surface area (Å²) in [5, 5.41) is 3.96. The van der Waals surface area contributed by atoms with E-state index in [1.807, 2.05) is 0 Å². The number of nitrogens with two attached hydrogens (primary N) is 1. The topological polar surface area (TPSA) is 60.9 Å². The first kappa shape index (κ1) is 10.9. The van der Waals surface area contributed by atoms with Crippen LogP contribution in [-0.2, 0) is 7.05 Å². The average molecular weight is 195 g/mol. The minimum absolute atomic E-state index is 0.169. The van der Waals surface area contributed by atoms with E-state index < -0.39 is 0 Å². The molecule has 78 valence electrons. The van der Waals surface area contributed by atoms with Crippen molar-refractivity contribution in [2.75, 3.05) is 6.54 Å². The van der Waals surface area contributed by atoms with E-state index in [0.717, 1.165) is 19.3 Å². The molecule has 0 fully saturated rings. The number of carbonyl (C=O) groups is 1. The number of hydrogen-bond donors (Lipinski definition) is 1. The maximum absolute atomic E-state index is 11.6. The van der Waals surface area contributed by atoms with Crippen LogP contribution in [0.15, 0.2) is 12.3 Å². The van der Waals surface area contributed by atoms with Gasteiger partial charge in [-0.3, -0.25) is 9.48 Å². The first-order chi connectivity index (χ1) is 6.75. The number of hydrogen-bond acceptors (Lipinski definition) is 3. The van der Waals surface area contributed by atoms with Crippen molar-refractivity contribution in [2.24, 2.45) is 12.8 Å². The number of carbonyl (C=O) groups excluding carboxylic acids is 1. The highest BCUT2D eigenvalue weighted by Crippen LogP contribution is 2.06. The van der Waals surface area contributed by atoms with Gasteiger partial charge in [-0.15, -0.1) is 0 Å². The highest BCUT2D eigenvalue weighted by Gasteiger charge is 2.08. The van der Waals surface area contributed by atoms with E-state index in [2.05, 4.69) is 5.10 Å². The molecule has 1 aromatic heterocycles. The lowest BCUT2D eigenvalue weighted by Crippen LogP contribution is -2.07. The maximum atomic E-state index is 11.6. The van der Waals surface area contributed by atoms with Crippen molar-refractivity contribution in [3.8, 4) is 0 Å². The summed E-state index contributed by atoms with van der Waals surface area (Å²) in [5.41, 5.74) is 6.06. The second kappa shape index (κ2) is 5.54. The summed E-state index contributed by atoms with van der Waals surface area (Å²) in [4.78, 5) is 11.6. The molecule has 1 heterocycles. The van der Waals surface area contributed by atoms with Crippen molar-refractivity contribution >= 4 is 5.78 Å². The van der Waals surface area contributed by atoms with Gasteiger partial charge in [-0.2, -0.15) is 5.10 Å². The van der Waals surface area contributed by atoms with Gasteiger partial charge in [0, 0.05) is 19.7 Å². The monoisotopic (exact) mass is 195 g/mol. The SMILES string of the molecule is Cn1nccc1C(=O)CCCCCN. The molecule has 1 rings (SSSR count). The number of unbranched alkanes of at least 4 members (excludes halogenated alkanes) is 2. The van der Waals surface area contributed by atoms with Crippen molar-refractivity contribution in [1.82, 2.24) is 9.78 Å². The maximum Gasteiger partial charge on any atom is 0.180 e. The summed E-state index contributed by atoms with van der Waals surface area (Å²) in [6, 6.07) is 1.76. The molecule has 0 bridgehead atoms. The molecule has 0 spiro atoms. The van der Waals surface area contributed by atoms with Gasteiger partial charge in [0.2, 0.25) is 0 Å². The van der Waals surface area contributed by atoms with Crippen molar-refractivity contribution in [1.29, 1.82) is 0 Å². The third kappa shape index (κ3) is 2.96. The third-order valence-corrected chi connectivity index (χ3v) is 2.21. The molecule has 0 aliphatic rings. The molecule has 4 nitrogen and oxygen atoms in total. The minimum Gasteiger partial charge on any atom is -0.330 e. The minimum atomic E-state index is 0.169. The zero-order chi connectivity index (χ0) is 10.4. The van der Waals surface area contributed by atoms with Crippen LogP contribution in [0.1, 0.15) is 36.2 Å². The molecule has 0 aliphatic heterocycles. The van der Waals surface area contributed by atoms with Crippen LogP contribution >= 0.6 is 0 Å². The van der Waals surface area contributed by atoms with Gasteiger partial charge in [-0.05, 0) is 25.5 Å². The molecule has 0 amide bonds. The van der Waals surface area contributed by atoms with Crippen LogP contribution in [0, 0.1) is 0 Å². The Morgan fingerprint density at radius 3 is 2.86 bits per heavy atom. The molecule has 2 N–H and O–H groups in total. The summed E-state index contributed by atoms with van der Waals surface area (Å²) < 4.78 is 1.62. The van der Waals surface area contributed by atoms with Gasteiger partial charge in [0.1, 0.15) is 5.69 Å². The Labute approximate surface area is 84.1 Å². The summed E-state index contributed by atoms with van der Waals surface area (Å²) in [7, 11) is 1.78. The third-order valence-electron chi connectivity index (χ3n) is 2.21. The first-order valence-electron chi connectivity index (χ1n) is 4.97. The van der Waals surface area contributed by atoms with Crippen LogP contribution in [0.5, 0.6) is 0 Å². The predicted molar refractivity (Wildman–Crippen MR) is 55.1 cm³/mol. The predicted octanol–water partition coefficient (Wildman–Crippen LogP) is 1.12. The Balaban J connectivity index is 2.32. The highest BCUT2D eigenvalue weighted by molar-refractivity contribution is 5.94. The van der Waals surface area contributed by atoms with Crippen LogP contribution in [0.25, 0.3) is 0 Å². The number of nitrogens with zero attached hydrogens (tertiary/aromatic N) is 2. The summed E-state index contributed by atoms with van der Waals surface area (Å²) in [6.07, 6.45) is 5.19.